The number of nitrogens with zero attached hydrogens (tertiary/aromatic N) is 3. The van der Waals surface area contributed by atoms with Crippen molar-refractivity contribution in [3.05, 3.63) is 45.9 Å². The molecule has 1 atom stereocenters. The van der Waals surface area contributed by atoms with Gasteiger partial charge in [0.05, 0.1) is 31.3 Å². The van der Waals surface area contributed by atoms with Gasteiger partial charge in [-0.25, -0.2) is 4.98 Å². The molecule has 32 heavy (non-hydrogen) atoms. The zero-order valence-corrected chi connectivity index (χ0v) is 17.9. The summed E-state index contributed by atoms with van der Waals surface area (Å²) in [6, 6.07) is 4.72. The molecule has 2 aromatic rings. The Balaban J connectivity index is 1.44. The van der Waals surface area contributed by atoms with E-state index in [1.807, 2.05) is 6.92 Å². The third kappa shape index (κ3) is 5.03. The van der Waals surface area contributed by atoms with Gasteiger partial charge in [-0.05, 0) is 31.2 Å². The number of thiazole rings is 1. The van der Waals surface area contributed by atoms with Crippen molar-refractivity contribution in [1.82, 2.24) is 14.8 Å². The summed E-state index contributed by atoms with van der Waals surface area (Å²) in [5, 5.41) is 2.48. The molecule has 2 amide bonds. The zero-order chi connectivity index (χ0) is 22.9. The lowest BCUT2D eigenvalue weighted by Crippen LogP contribution is -2.63. The number of carbonyl (C=O) groups is 2. The fraction of sp³-hybridized carbons (Fsp3) is 0.450. The van der Waals surface area contributed by atoms with E-state index in [1.54, 1.807) is 10.3 Å². The van der Waals surface area contributed by atoms with Crippen molar-refractivity contribution in [3.63, 3.8) is 0 Å². The maximum Gasteiger partial charge on any atom is 0.573 e. The lowest BCUT2D eigenvalue weighted by atomic mass is 10.1. The van der Waals surface area contributed by atoms with Crippen molar-refractivity contribution in [2.75, 3.05) is 39.4 Å². The summed E-state index contributed by atoms with van der Waals surface area (Å²) < 4.78 is 52.5. The van der Waals surface area contributed by atoms with Crippen LogP contribution in [0.4, 0.5) is 13.2 Å². The predicted octanol–water partition coefficient (Wildman–Crippen LogP) is 2.69. The average Bonchev–Trinajstić information content (AvgIpc) is 3.18. The van der Waals surface area contributed by atoms with Crippen LogP contribution in [-0.4, -0.2) is 78.1 Å². The second-order valence-electron chi connectivity index (χ2n) is 7.38. The topological polar surface area (TPSA) is 81.2 Å². The number of alkyl halides is 3. The number of ether oxygens (including phenoxy) is 3. The van der Waals surface area contributed by atoms with Gasteiger partial charge in [0.1, 0.15) is 11.4 Å². The maximum atomic E-state index is 12.9. The van der Waals surface area contributed by atoms with Crippen molar-refractivity contribution in [2.45, 2.75) is 19.1 Å². The number of aryl methyl sites for hydroxylation is 1. The first kappa shape index (κ1) is 22.5. The first-order valence-corrected chi connectivity index (χ1v) is 10.7. The van der Waals surface area contributed by atoms with Gasteiger partial charge in [0.15, 0.2) is 0 Å². The second-order valence-corrected chi connectivity index (χ2v) is 8.45. The Bertz CT molecular complexity index is 993. The van der Waals surface area contributed by atoms with Gasteiger partial charge in [-0.1, -0.05) is 0 Å². The van der Waals surface area contributed by atoms with Gasteiger partial charge in [0, 0.05) is 24.0 Å². The van der Waals surface area contributed by atoms with E-state index < -0.39 is 17.9 Å². The first-order chi connectivity index (χ1) is 15.1. The standard InChI is InChI=1S/C20H20F3N3O5S/c1-13-24-16(10-32-13)18(28)26-7-9-30-19(12-26)11-25(6-8-29-19)17(27)14-2-4-15(5-3-14)31-20(21,22)23/h2-5,10H,6-9,11-12H2,1H3. The lowest BCUT2D eigenvalue weighted by molar-refractivity contribution is -0.282. The minimum absolute atomic E-state index is 0.0759. The van der Waals surface area contributed by atoms with E-state index in [1.165, 1.54) is 28.4 Å². The molecule has 0 aliphatic carbocycles. The van der Waals surface area contributed by atoms with E-state index in [-0.39, 0.29) is 50.2 Å². The number of hydrogen-bond donors (Lipinski definition) is 0. The van der Waals surface area contributed by atoms with Crippen LogP contribution in [0.3, 0.4) is 0 Å². The highest BCUT2D eigenvalue weighted by Gasteiger charge is 2.45. The molecule has 0 radical (unpaired) electrons. The molecule has 4 rings (SSSR count). The van der Waals surface area contributed by atoms with E-state index in [0.717, 1.165) is 17.1 Å². The number of carbonyl (C=O) groups excluding carboxylic acids is 2. The highest BCUT2D eigenvalue weighted by molar-refractivity contribution is 7.09. The number of aromatic nitrogens is 1. The number of halogens is 3. The summed E-state index contributed by atoms with van der Waals surface area (Å²) in [5.41, 5.74) is 0.563. The van der Waals surface area contributed by atoms with Gasteiger partial charge in [-0.2, -0.15) is 0 Å². The number of amides is 2. The zero-order valence-electron chi connectivity index (χ0n) is 17.1. The Morgan fingerprint density at radius 3 is 2.19 bits per heavy atom. The molecule has 1 aromatic carbocycles. The number of rotatable bonds is 3. The van der Waals surface area contributed by atoms with Crippen LogP contribution in [0, 0.1) is 6.92 Å². The molecule has 8 nitrogen and oxygen atoms in total. The van der Waals surface area contributed by atoms with Crippen molar-refractivity contribution >= 4 is 23.2 Å². The molecule has 12 heteroatoms. The molecular formula is C20H20F3N3O5S. The summed E-state index contributed by atoms with van der Waals surface area (Å²) in [7, 11) is 0. The van der Waals surface area contributed by atoms with Crippen LogP contribution in [0.2, 0.25) is 0 Å². The van der Waals surface area contributed by atoms with Crippen LogP contribution in [0.25, 0.3) is 0 Å². The highest BCUT2D eigenvalue weighted by atomic mass is 32.1. The Morgan fingerprint density at radius 1 is 1.06 bits per heavy atom. The predicted molar refractivity (Wildman–Crippen MR) is 106 cm³/mol. The summed E-state index contributed by atoms with van der Waals surface area (Å²) in [6.45, 7) is 3.10. The molecular weight excluding hydrogens is 451 g/mol. The summed E-state index contributed by atoms with van der Waals surface area (Å²) >= 11 is 1.38. The van der Waals surface area contributed by atoms with E-state index in [0.29, 0.717) is 12.2 Å². The Morgan fingerprint density at radius 2 is 1.66 bits per heavy atom. The molecule has 0 bridgehead atoms. The van der Waals surface area contributed by atoms with Gasteiger partial charge < -0.3 is 24.0 Å². The van der Waals surface area contributed by atoms with E-state index in [9.17, 15) is 22.8 Å². The van der Waals surface area contributed by atoms with Crippen molar-refractivity contribution < 1.29 is 37.0 Å². The minimum atomic E-state index is -4.80. The van der Waals surface area contributed by atoms with E-state index in [2.05, 4.69) is 9.72 Å². The van der Waals surface area contributed by atoms with Crippen LogP contribution in [0.1, 0.15) is 25.9 Å². The van der Waals surface area contributed by atoms with Crippen molar-refractivity contribution in [1.29, 1.82) is 0 Å². The number of benzene rings is 1. The molecule has 2 aliphatic heterocycles. The SMILES string of the molecule is Cc1nc(C(=O)N2CCOC3(CN(C(=O)c4ccc(OC(F)(F)F)cc4)CCO3)C2)cs1. The number of hydrogen-bond acceptors (Lipinski definition) is 7. The fourth-order valence-corrected chi connectivity index (χ4v) is 4.24. The van der Waals surface area contributed by atoms with Gasteiger partial charge in [0.25, 0.3) is 11.8 Å². The highest BCUT2D eigenvalue weighted by Crippen LogP contribution is 2.28. The molecule has 0 saturated carbocycles. The van der Waals surface area contributed by atoms with Crippen LogP contribution in [0.15, 0.2) is 29.6 Å². The van der Waals surface area contributed by atoms with E-state index >= 15 is 0 Å². The molecule has 172 valence electrons. The van der Waals surface area contributed by atoms with Crippen molar-refractivity contribution in [3.8, 4) is 5.75 Å². The molecule has 1 aromatic heterocycles. The molecule has 1 unspecified atom stereocenters. The first-order valence-electron chi connectivity index (χ1n) is 9.79. The lowest BCUT2D eigenvalue weighted by Gasteiger charge is -2.47. The quantitative estimate of drug-likeness (QED) is 0.685. The van der Waals surface area contributed by atoms with Crippen molar-refractivity contribution in [2.24, 2.45) is 0 Å². The normalized spacial score (nSPS) is 21.6. The fourth-order valence-electron chi connectivity index (χ4n) is 3.65. The van der Waals surface area contributed by atoms with Crippen LogP contribution >= 0.6 is 11.3 Å². The molecule has 1 spiro atoms. The molecule has 0 N–H and O–H groups in total. The Kier molecular flexibility index (Phi) is 6.10. The van der Waals surface area contributed by atoms with Gasteiger partial charge >= 0.3 is 6.36 Å². The van der Waals surface area contributed by atoms with Crippen LogP contribution in [-0.2, 0) is 9.47 Å². The van der Waals surface area contributed by atoms with Gasteiger partial charge in [0.2, 0.25) is 5.79 Å². The average molecular weight is 471 g/mol. The largest absolute Gasteiger partial charge is 0.573 e. The monoisotopic (exact) mass is 471 g/mol. The van der Waals surface area contributed by atoms with Gasteiger partial charge in [-0.3, -0.25) is 9.59 Å². The third-order valence-corrected chi connectivity index (χ3v) is 5.84. The van der Waals surface area contributed by atoms with E-state index in [4.69, 9.17) is 9.47 Å². The summed E-state index contributed by atoms with van der Waals surface area (Å²) in [4.78, 5) is 33.0. The number of morpholine rings is 2. The molecule has 2 fully saturated rings. The summed E-state index contributed by atoms with van der Waals surface area (Å²) in [5.74, 6) is -2.20. The molecule has 3 heterocycles. The smallest absolute Gasteiger partial charge is 0.406 e. The maximum absolute atomic E-state index is 12.9. The second kappa shape index (κ2) is 8.68. The van der Waals surface area contributed by atoms with Crippen LogP contribution < -0.4 is 4.74 Å². The Labute approximate surface area is 185 Å². The molecule has 2 saturated heterocycles. The van der Waals surface area contributed by atoms with Gasteiger partial charge in [-0.15, -0.1) is 24.5 Å². The third-order valence-electron chi connectivity index (χ3n) is 5.06. The molecule has 2 aliphatic rings. The Hall–Kier alpha value is -2.70. The van der Waals surface area contributed by atoms with Crippen LogP contribution in [0.5, 0.6) is 5.75 Å². The summed E-state index contributed by atoms with van der Waals surface area (Å²) in [6.07, 6.45) is -4.80. The minimum Gasteiger partial charge on any atom is -0.406 e.